The molecule has 32 heavy (non-hydrogen) atoms. The molecule has 168 valence electrons. The number of amides is 1. The Morgan fingerprint density at radius 1 is 1.25 bits per heavy atom. The molecule has 1 aromatic heterocycles. The minimum Gasteiger partial charge on any atom is -0.376 e. The van der Waals surface area contributed by atoms with Crippen molar-refractivity contribution in [2.24, 2.45) is 5.92 Å². The molecule has 6 nitrogen and oxygen atoms in total. The van der Waals surface area contributed by atoms with E-state index < -0.39 is 5.54 Å². The Morgan fingerprint density at radius 3 is 2.69 bits per heavy atom. The molecule has 0 radical (unpaired) electrons. The number of hydrogen-bond acceptors (Lipinski definition) is 4. The predicted octanol–water partition coefficient (Wildman–Crippen LogP) is 5.81. The fourth-order valence-corrected chi connectivity index (χ4v) is 4.62. The standard InChI is InChI=1S/C26H32N4O2/c1-17(2)32-21-11-8-18(9-12-21)25(31)30-16-19-7-6-14-28-24(19)29-22-13-10-20(15-23(22)30)26(3,4)27-5/h6-7,10,13-15,17-18,21H,8-9,11-12,16H2,1-4H3,(H,28,29). The van der Waals surface area contributed by atoms with Crippen LogP contribution in [0, 0.1) is 12.5 Å². The molecule has 0 spiro atoms. The van der Waals surface area contributed by atoms with Crippen LogP contribution in [-0.4, -0.2) is 23.1 Å². The van der Waals surface area contributed by atoms with Crippen molar-refractivity contribution in [3.05, 3.63) is 59.1 Å². The zero-order valence-corrected chi connectivity index (χ0v) is 19.4. The number of fused-ring (bicyclic) bond motifs is 2. The highest BCUT2D eigenvalue weighted by Crippen LogP contribution is 2.40. The fraction of sp³-hybridized carbons (Fsp3) is 0.500. The fourth-order valence-electron chi connectivity index (χ4n) is 4.62. The van der Waals surface area contributed by atoms with Crippen LogP contribution >= 0.6 is 0 Å². The van der Waals surface area contributed by atoms with Gasteiger partial charge in [-0.05, 0) is 63.8 Å². The molecule has 0 saturated heterocycles. The largest absolute Gasteiger partial charge is 0.376 e. The summed E-state index contributed by atoms with van der Waals surface area (Å²) in [7, 11) is 0. The normalized spacial score (nSPS) is 20.6. The molecule has 1 saturated carbocycles. The maximum absolute atomic E-state index is 13.8. The van der Waals surface area contributed by atoms with Gasteiger partial charge in [0.05, 0.1) is 30.1 Å². The summed E-state index contributed by atoms with van der Waals surface area (Å²) >= 11 is 0. The van der Waals surface area contributed by atoms with Crippen molar-refractivity contribution in [2.45, 2.75) is 77.7 Å². The highest BCUT2D eigenvalue weighted by Gasteiger charge is 2.35. The molecule has 1 fully saturated rings. The van der Waals surface area contributed by atoms with E-state index in [4.69, 9.17) is 11.3 Å². The van der Waals surface area contributed by atoms with Crippen LogP contribution in [0.4, 0.5) is 17.2 Å². The van der Waals surface area contributed by atoms with Gasteiger partial charge in [-0.1, -0.05) is 6.07 Å². The maximum Gasteiger partial charge on any atom is 0.252 e. The van der Waals surface area contributed by atoms with Gasteiger partial charge in [-0.3, -0.25) is 4.79 Å². The third kappa shape index (κ3) is 4.49. The Morgan fingerprint density at radius 2 is 2.00 bits per heavy atom. The lowest BCUT2D eigenvalue weighted by Crippen LogP contribution is -2.38. The van der Waals surface area contributed by atoms with Crippen molar-refractivity contribution < 1.29 is 9.53 Å². The minimum atomic E-state index is -0.659. The van der Waals surface area contributed by atoms with Gasteiger partial charge in [-0.2, -0.15) is 0 Å². The number of carbonyl (C=O) groups is 1. The molecule has 1 amide bonds. The summed E-state index contributed by atoms with van der Waals surface area (Å²) in [6, 6.07) is 9.85. The second-order valence-corrected chi connectivity index (χ2v) is 9.62. The van der Waals surface area contributed by atoms with Crippen LogP contribution in [0.15, 0.2) is 36.5 Å². The molecular weight excluding hydrogens is 400 g/mol. The molecule has 1 N–H and O–H groups in total. The molecule has 0 unspecified atom stereocenters. The van der Waals surface area contributed by atoms with Gasteiger partial charge in [0.25, 0.3) is 5.54 Å². The van der Waals surface area contributed by atoms with Gasteiger partial charge < -0.3 is 19.8 Å². The first-order chi connectivity index (χ1) is 15.3. The smallest absolute Gasteiger partial charge is 0.252 e. The summed E-state index contributed by atoms with van der Waals surface area (Å²) < 4.78 is 5.98. The number of benzene rings is 1. The summed E-state index contributed by atoms with van der Waals surface area (Å²) in [5.74, 6) is 0.895. The van der Waals surface area contributed by atoms with E-state index in [0.717, 1.165) is 54.0 Å². The monoisotopic (exact) mass is 432 g/mol. The summed E-state index contributed by atoms with van der Waals surface area (Å²) in [6.45, 7) is 16.0. The van der Waals surface area contributed by atoms with Gasteiger partial charge >= 0.3 is 0 Å². The maximum atomic E-state index is 13.8. The molecule has 1 aliphatic carbocycles. The van der Waals surface area contributed by atoms with Crippen LogP contribution in [-0.2, 0) is 21.6 Å². The van der Waals surface area contributed by atoms with Crippen molar-refractivity contribution >= 4 is 23.1 Å². The van der Waals surface area contributed by atoms with Gasteiger partial charge in [0.1, 0.15) is 5.82 Å². The predicted molar refractivity (Wildman–Crippen MR) is 127 cm³/mol. The van der Waals surface area contributed by atoms with E-state index in [2.05, 4.69) is 29.0 Å². The second-order valence-electron chi connectivity index (χ2n) is 9.62. The summed E-state index contributed by atoms with van der Waals surface area (Å²) in [5, 5.41) is 3.41. The number of ether oxygens (including phenoxy) is 1. The number of carbonyl (C=O) groups excluding carboxylic acids is 1. The molecule has 4 rings (SSSR count). The van der Waals surface area contributed by atoms with E-state index in [1.807, 2.05) is 49.1 Å². The van der Waals surface area contributed by atoms with E-state index in [0.29, 0.717) is 6.54 Å². The molecular formula is C26H32N4O2. The first kappa shape index (κ1) is 22.3. The molecule has 1 aromatic carbocycles. The number of aromatic nitrogens is 1. The Bertz CT molecular complexity index is 1030. The molecule has 2 aromatic rings. The quantitative estimate of drug-likeness (QED) is 0.620. The summed E-state index contributed by atoms with van der Waals surface area (Å²) in [4.78, 5) is 24.0. The molecule has 0 bridgehead atoms. The Labute approximate surface area is 190 Å². The summed E-state index contributed by atoms with van der Waals surface area (Å²) in [6.07, 6.45) is 5.71. The number of hydrogen-bond donors (Lipinski definition) is 1. The summed E-state index contributed by atoms with van der Waals surface area (Å²) in [5.41, 5.74) is 2.89. The lowest BCUT2D eigenvalue weighted by Gasteiger charge is -2.33. The van der Waals surface area contributed by atoms with Crippen LogP contribution in [0.1, 0.15) is 64.5 Å². The third-order valence-corrected chi connectivity index (χ3v) is 6.50. The van der Waals surface area contributed by atoms with Gasteiger partial charge in [-0.25, -0.2) is 11.6 Å². The lowest BCUT2D eigenvalue weighted by atomic mass is 9.86. The van der Waals surface area contributed by atoms with Crippen LogP contribution in [0.2, 0.25) is 0 Å². The minimum absolute atomic E-state index is 0.0226. The van der Waals surface area contributed by atoms with Crippen molar-refractivity contribution in [3.8, 4) is 0 Å². The van der Waals surface area contributed by atoms with Crippen LogP contribution in [0.25, 0.3) is 4.85 Å². The van der Waals surface area contributed by atoms with E-state index in [9.17, 15) is 4.79 Å². The van der Waals surface area contributed by atoms with E-state index in [-0.39, 0.29) is 24.0 Å². The van der Waals surface area contributed by atoms with Crippen molar-refractivity contribution in [1.82, 2.24) is 4.98 Å². The number of rotatable bonds is 4. The Balaban J connectivity index is 1.67. The average Bonchev–Trinajstić information content (AvgIpc) is 2.95. The number of pyridine rings is 1. The topological polar surface area (TPSA) is 58.8 Å². The highest BCUT2D eigenvalue weighted by molar-refractivity contribution is 5.99. The van der Waals surface area contributed by atoms with Gasteiger partial charge in [-0.15, -0.1) is 0 Å². The van der Waals surface area contributed by atoms with E-state index >= 15 is 0 Å². The SMILES string of the molecule is [C-]#[N+]C(C)(C)c1ccc2c(c1)N(C(=O)C1CCC(OC(C)C)CC1)Cc1cccnc1N2. The van der Waals surface area contributed by atoms with E-state index in [1.165, 1.54) is 0 Å². The number of nitrogens with one attached hydrogen (secondary N) is 1. The zero-order valence-electron chi connectivity index (χ0n) is 19.4. The van der Waals surface area contributed by atoms with Crippen LogP contribution in [0.3, 0.4) is 0 Å². The highest BCUT2D eigenvalue weighted by atomic mass is 16.5. The number of anilines is 3. The van der Waals surface area contributed by atoms with Crippen LogP contribution < -0.4 is 10.2 Å². The average molecular weight is 433 g/mol. The first-order valence-electron chi connectivity index (χ1n) is 11.5. The zero-order chi connectivity index (χ0) is 22.9. The first-order valence-corrected chi connectivity index (χ1v) is 11.5. The third-order valence-electron chi connectivity index (χ3n) is 6.50. The number of nitrogens with zero attached hydrogens (tertiary/aromatic N) is 3. The molecule has 2 heterocycles. The molecule has 0 atom stereocenters. The van der Waals surface area contributed by atoms with Gasteiger partial charge in [0.2, 0.25) is 5.91 Å². The van der Waals surface area contributed by atoms with Crippen molar-refractivity contribution in [2.75, 3.05) is 10.2 Å². The van der Waals surface area contributed by atoms with Gasteiger partial charge in [0, 0.05) is 37.1 Å². The molecule has 2 aliphatic rings. The molecule has 6 heteroatoms. The van der Waals surface area contributed by atoms with Crippen molar-refractivity contribution in [1.29, 1.82) is 0 Å². The Kier molecular flexibility index (Phi) is 6.21. The Hall–Kier alpha value is -2.91. The van der Waals surface area contributed by atoms with Crippen LogP contribution in [0.5, 0.6) is 0 Å². The van der Waals surface area contributed by atoms with Crippen molar-refractivity contribution in [3.63, 3.8) is 0 Å². The lowest BCUT2D eigenvalue weighted by molar-refractivity contribution is -0.124. The van der Waals surface area contributed by atoms with E-state index in [1.54, 1.807) is 6.20 Å². The molecule has 1 aliphatic heterocycles. The van der Waals surface area contributed by atoms with Gasteiger partial charge in [0.15, 0.2) is 0 Å². The second kappa shape index (κ2) is 8.91.